The Labute approximate surface area is 199 Å². The summed E-state index contributed by atoms with van der Waals surface area (Å²) in [5.41, 5.74) is -0.255. The fourth-order valence-electron chi connectivity index (χ4n) is 3.20. The number of anilines is 2. The highest BCUT2D eigenvalue weighted by molar-refractivity contribution is 6.07. The third kappa shape index (κ3) is 6.44. The van der Waals surface area contributed by atoms with Gasteiger partial charge in [0.15, 0.2) is 11.5 Å². The van der Waals surface area contributed by atoms with Gasteiger partial charge in [0.2, 0.25) is 11.7 Å². The molecule has 10 heteroatoms. The van der Waals surface area contributed by atoms with E-state index in [2.05, 4.69) is 10.6 Å². The quantitative estimate of drug-likeness (QED) is 0.437. The number of carbonyl (C=O) groups is 2. The summed E-state index contributed by atoms with van der Waals surface area (Å²) < 4.78 is 56.2. The van der Waals surface area contributed by atoms with E-state index >= 15 is 0 Å². The van der Waals surface area contributed by atoms with Crippen molar-refractivity contribution in [2.24, 2.45) is 0 Å². The molecule has 0 aliphatic heterocycles. The summed E-state index contributed by atoms with van der Waals surface area (Å²) in [4.78, 5) is 24.5. The van der Waals surface area contributed by atoms with Crippen LogP contribution >= 0.6 is 0 Å². The Bertz CT molecular complexity index is 1190. The first-order chi connectivity index (χ1) is 16.6. The lowest BCUT2D eigenvalue weighted by atomic mass is 10.1. The van der Waals surface area contributed by atoms with Gasteiger partial charge in [-0.25, -0.2) is 0 Å². The standard InChI is InChI=1S/C25H23F3N2O5/c1-15(31)29-19-10-9-18(25(26,27)28)13-20(19)30-24(32)17-11-21(33-2)23(22(12-17)34-3)35-14-16-7-5-4-6-8-16/h4-13H,14H2,1-3H3,(H,29,31)(H,30,32). The second kappa shape index (κ2) is 10.8. The summed E-state index contributed by atoms with van der Waals surface area (Å²) in [7, 11) is 2.76. The van der Waals surface area contributed by atoms with Crippen LogP contribution in [0.3, 0.4) is 0 Å². The molecule has 3 rings (SSSR count). The number of ether oxygens (including phenoxy) is 3. The molecule has 0 radical (unpaired) electrons. The molecule has 0 saturated carbocycles. The van der Waals surface area contributed by atoms with E-state index in [-0.39, 0.29) is 40.8 Å². The molecule has 0 aliphatic carbocycles. The molecule has 0 heterocycles. The van der Waals surface area contributed by atoms with Gasteiger partial charge >= 0.3 is 6.18 Å². The maximum atomic E-state index is 13.2. The molecule has 0 bridgehead atoms. The molecule has 0 aliphatic rings. The Morgan fingerprint density at radius 3 is 2.03 bits per heavy atom. The number of methoxy groups -OCH3 is 2. The van der Waals surface area contributed by atoms with Crippen LogP contribution in [0.2, 0.25) is 0 Å². The van der Waals surface area contributed by atoms with Gasteiger partial charge in [-0.15, -0.1) is 0 Å². The zero-order valence-corrected chi connectivity index (χ0v) is 19.2. The zero-order valence-electron chi connectivity index (χ0n) is 19.2. The molecule has 0 aromatic heterocycles. The van der Waals surface area contributed by atoms with E-state index in [4.69, 9.17) is 14.2 Å². The number of amides is 2. The van der Waals surface area contributed by atoms with Crippen molar-refractivity contribution in [3.05, 3.63) is 77.4 Å². The first-order valence-electron chi connectivity index (χ1n) is 10.3. The van der Waals surface area contributed by atoms with Gasteiger partial charge in [-0.3, -0.25) is 9.59 Å². The maximum absolute atomic E-state index is 13.2. The van der Waals surface area contributed by atoms with Crippen LogP contribution in [0.4, 0.5) is 24.5 Å². The van der Waals surface area contributed by atoms with E-state index in [1.165, 1.54) is 33.3 Å². The minimum absolute atomic E-state index is 0.0144. The third-order valence-electron chi connectivity index (χ3n) is 4.85. The number of halogens is 3. The number of rotatable bonds is 8. The average molecular weight is 488 g/mol. The van der Waals surface area contributed by atoms with Gasteiger partial charge < -0.3 is 24.8 Å². The predicted octanol–water partition coefficient (Wildman–Crippen LogP) is 5.51. The highest BCUT2D eigenvalue weighted by Gasteiger charge is 2.31. The normalized spacial score (nSPS) is 10.9. The van der Waals surface area contributed by atoms with E-state index in [0.717, 1.165) is 23.8 Å². The Balaban J connectivity index is 1.92. The molecule has 3 aromatic carbocycles. The first kappa shape index (κ1) is 25.4. The van der Waals surface area contributed by atoms with Gasteiger partial charge in [0, 0.05) is 12.5 Å². The Hall–Kier alpha value is -4.21. The molecule has 2 amide bonds. The lowest BCUT2D eigenvalue weighted by molar-refractivity contribution is -0.137. The van der Waals surface area contributed by atoms with Crippen molar-refractivity contribution < 1.29 is 37.0 Å². The minimum atomic E-state index is -4.64. The fraction of sp³-hybridized carbons (Fsp3) is 0.200. The lowest BCUT2D eigenvalue weighted by Crippen LogP contribution is -2.17. The van der Waals surface area contributed by atoms with E-state index in [0.29, 0.717) is 0 Å². The first-order valence-corrected chi connectivity index (χ1v) is 10.3. The van der Waals surface area contributed by atoms with Crippen molar-refractivity contribution in [2.75, 3.05) is 24.9 Å². The second-order valence-corrected chi connectivity index (χ2v) is 7.38. The molecule has 0 unspecified atom stereocenters. The largest absolute Gasteiger partial charge is 0.493 e. The van der Waals surface area contributed by atoms with Gasteiger partial charge in [-0.1, -0.05) is 30.3 Å². The number of nitrogens with one attached hydrogen (secondary N) is 2. The Kier molecular flexibility index (Phi) is 7.85. The van der Waals surface area contributed by atoms with Gasteiger partial charge in [0.05, 0.1) is 31.2 Å². The van der Waals surface area contributed by atoms with Crippen LogP contribution in [0.15, 0.2) is 60.7 Å². The minimum Gasteiger partial charge on any atom is -0.493 e. The van der Waals surface area contributed by atoms with Crippen LogP contribution in [0.1, 0.15) is 28.4 Å². The van der Waals surface area contributed by atoms with Gasteiger partial charge in [-0.05, 0) is 35.9 Å². The summed E-state index contributed by atoms with van der Waals surface area (Å²) >= 11 is 0. The van der Waals surface area contributed by atoms with E-state index < -0.39 is 23.6 Å². The van der Waals surface area contributed by atoms with E-state index in [9.17, 15) is 22.8 Å². The number of alkyl halides is 3. The topological polar surface area (TPSA) is 85.9 Å². The summed E-state index contributed by atoms with van der Waals surface area (Å²) in [5, 5.41) is 4.82. The zero-order chi connectivity index (χ0) is 25.6. The number of carbonyl (C=O) groups excluding carboxylic acids is 2. The van der Waals surface area contributed by atoms with Gasteiger partial charge in [0.25, 0.3) is 5.91 Å². The predicted molar refractivity (Wildman–Crippen MR) is 124 cm³/mol. The molecule has 0 spiro atoms. The van der Waals surface area contributed by atoms with Crippen molar-refractivity contribution in [3.8, 4) is 17.2 Å². The number of benzene rings is 3. The number of hydrogen-bond acceptors (Lipinski definition) is 5. The molecular formula is C25H23F3N2O5. The van der Waals surface area contributed by atoms with Crippen molar-refractivity contribution >= 4 is 23.2 Å². The highest BCUT2D eigenvalue weighted by atomic mass is 19.4. The molecule has 0 saturated heterocycles. The molecule has 2 N–H and O–H groups in total. The van der Waals surface area contributed by atoms with E-state index in [1.807, 2.05) is 30.3 Å². The summed E-state index contributed by atoms with van der Waals surface area (Å²) in [6.07, 6.45) is -4.64. The molecule has 3 aromatic rings. The maximum Gasteiger partial charge on any atom is 0.416 e. The SMILES string of the molecule is COc1cc(C(=O)Nc2cc(C(F)(F)F)ccc2NC(C)=O)cc(OC)c1OCc1ccccc1. The van der Waals surface area contributed by atoms with Crippen LogP contribution < -0.4 is 24.8 Å². The second-order valence-electron chi connectivity index (χ2n) is 7.38. The Morgan fingerprint density at radius 2 is 1.49 bits per heavy atom. The molecule has 0 fully saturated rings. The van der Waals surface area contributed by atoms with Crippen LogP contribution in [0, 0.1) is 0 Å². The Morgan fingerprint density at radius 1 is 0.857 bits per heavy atom. The average Bonchev–Trinajstić information content (AvgIpc) is 2.82. The van der Waals surface area contributed by atoms with Crippen molar-refractivity contribution in [2.45, 2.75) is 19.7 Å². The lowest BCUT2D eigenvalue weighted by Gasteiger charge is -2.17. The smallest absolute Gasteiger partial charge is 0.416 e. The van der Waals surface area contributed by atoms with E-state index in [1.54, 1.807) is 0 Å². The molecule has 35 heavy (non-hydrogen) atoms. The van der Waals surface area contributed by atoms with Crippen molar-refractivity contribution in [3.63, 3.8) is 0 Å². The highest BCUT2D eigenvalue weighted by Crippen LogP contribution is 2.40. The molecule has 7 nitrogen and oxygen atoms in total. The summed E-state index contributed by atoms with van der Waals surface area (Å²) in [5.74, 6) is -0.618. The van der Waals surface area contributed by atoms with Crippen LogP contribution in [0.25, 0.3) is 0 Å². The number of hydrogen-bond donors (Lipinski definition) is 2. The monoisotopic (exact) mass is 488 g/mol. The van der Waals surface area contributed by atoms with Crippen LogP contribution in [-0.4, -0.2) is 26.0 Å². The fourth-order valence-corrected chi connectivity index (χ4v) is 3.20. The van der Waals surface area contributed by atoms with Crippen molar-refractivity contribution in [1.82, 2.24) is 0 Å². The van der Waals surface area contributed by atoms with Gasteiger partial charge in [0.1, 0.15) is 6.61 Å². The summed E-state index contributed by atoms with van der Waals surface area (Å²) in [6.45, 7) is 1.41. The van der Waals surface area contributed by atoms with Gasteiger partial charge in [-0.2, -0.15) is 13.2 Å². The van der Waals surface area contributed by atoms with Crippen molar-refractivity contribution in [1.29, 1.82) is 0 Å². The molecule has 0 atom stereocenters. The molecular weight excluding hydrogens is 465 g/mol. The van der Waals surface area contributed by atoms with Crippen LogP contribution in [-0.2, 0) is 17.6 Å². The summed E-state index contributed by atoms with van der Waals surface area (Å²) in [6, 6.07) is 14.7. The van der Waals surface area contributed by atoms with Crippen LogP contribution in [0.5, 0.6) is 17.2 Å². The molecule has 184 valence electrons. The third-order valence-corrected chi connectivity index (χ3v) is 4.85.